The molecule has 41 heavy (non-hydrogen) atoms. The molecule has 0 aliphatic carbocycles. The molecule has 14 heteroatoms. The molecular formula is C27H16Br4F6N2O2. The van der Waals surface area contributed by atoms with Crippen molar-refractivity contribution in [2.75, 3.05) is 11.5 Å². The van der Waals surface area contributed by atoms with Gasteiger partial charge in [-0.2, -0.15) is 26.3 Å². The van der Waals surface area contributed by atoms with Gasteiger partial charge in [0.05, 0.1) is 17.9 Å². The van der Waals surface area contributed by atoms with Gasteiger partial charge in [0.1, 0.15) is 11.5 Å². The van der Waals surface area contributed by atoms with Crippen LogP contribution in [0.5, 0.6) is 23.0 Å². The molecule has 0 saturated heterocycles. The quantitative estimate of drug-likeness (QED) is 0.150. The van der Waals surface area contributed by atoms with Gasteiger partial charge in [0, 0.05) is 11.4 Å². The van der Waals surface area contributed by atoms with Gasteiger partial charge >= 0.3 is 12.4 Å². The second kappa shape index (κ2) is 11.7. The Bertz CT molecular complexity index is 1410. The fourth-order valence-corrected chi connectivity index (χ4v) is 6.73. The van der Waals surface area contributed by atoms with Crippen molar-refractivity contribution in [2.24, 2.45) is 0 Å². The van der Waals surface area contributed by atoms with Crippen molar-refractivity contribution in [1.29, 1.82) is 0 Å². The van der Waals surface area contributed by atoms with Gasteiger partial charge in [0.15, 0.2) is 11.5 Å². The molecule has 0 saturated carbocycles. The molecular weight excluding hydrogens is 818 g/mol. The maximum Gasteiger partial charge on any atom is 0.411 e. The number of hydrogen-bond acceptors (Lipinski definition) is 4. The summed E-state index contributed by atoms with van der Waals surface area (Å²) in [7, 11) is 0. The van der Waals surface area contributed by atoms with Crippen LogP contribution in [0.2, 0.25) is 0 Å². The first-order valence-electron chi connectivity index (χ1n) is 11.2. The fourth-order valence-electron chi connectivity index (χ4n) is 4.04. The van der Waals surface area contributed by atoms with E-state index in [1.165, 1.54) is 48.5 Å². The molecule has 0 aromatic heterocycles. The summed E-state index contributed by atoms with van der Waals surface area (Å²) in [5.74, 6) is 0.448. The first-order valence-corrected chi connectivity index (χ1v) is 14.4. The van der Waals surface area contributed by atoms with Crippen LogP contribution < -0.4 is 20.9 Å². The zero-order valence-electron chi connectivity index (χ0n) is 20.2. The molecule has 4 aromatic carbocycles. The second-order valence-electron chi connectivity index (χ2n) is 8.63. The summed E-state index contributed by atoms with van der Waals surface area (Å²) in [4.78, 5) is 0. The van der Waals surface area contributed by atoms with E-state index in [-0.39, 0.29) is 40.9 Å². The third-order valence-electron chi connectivity index (χ3n) is 5.91. The van der Waals surface area contributed by atoms with Crippen LogP contribution in [0.1, 0.15) is 11.1 Å². The lowest BCUT2D eigenvalue weighted by atomic mass is 9.73. The van der Waals surface area contributed by atoms with Crippen LogP contribution in [-0.2, 0) is 5.41 Å². The van der Waals surface area contributed by atoms with Crippen molar-refractivity contribution in [3.8, 4) is 23.0 Å². The van der Waals surface area contributed by atoms with E-state index in [0.717, 1.165) is 24.3 Å². The Balaban J connectivity index is 1.89. The van der Waals surface area contributed by atoms with E-state index < -0.39 is 28.9 Å². The van der Waals surface area contributed by atoms with Crippen molar-refractivity contribution in [1.82, 2.24) is 0 Å². The molecule has 0 radical (unpaired) electrons. The van der Waals surface area contributed by atoms with Crippen LogP contribution in [0.25, 0.3) is 0 Å². The van der Waals surface area contributed by atoms with E-state index in [1.54, 1.807) is 0 Å². The topological polar surface area (TPSA) is 70.5 Å². The number of benzene rings is 4. The molecule has 0 unspecified atom stereocenters. The van der Waals surface area contributed by atoms with Gasteiger partial charge in [-0.05, 0) is 148 Å². The van der Waals surface area contributed by atoms with Crippen molar-refractivity contribution < 1.29 is 35.8 Å². The zero-order chi connectivity index (χ0) is 30.3. The average molecular weight is 834 g/mol. The van der Waals surface area contributed by atoms with Gasteiger partial charge in [-0.1, -0.05) is 0 Å². The van der Waals surface area contributed by atoms with Gasteiger partial charge in [-0.25, -0.2) is 0 Å². The summed E-state index contributed by atoms with van der Waals surface area (Å²) in [5.41, 5.74) is 5.52. The first-order chi connectivity index (χ1) is 19.0. The highest BCUT2D eigenvalue weighted by molar-refractivity contribution is 9.11. The summed E-state index contributed by atoms with van der Waals surface area (Å²) in [6.45, 7) is 0. The third-order valence-corrected chi connectivity index (χ3v) is 8.27. The number of nitrogen functional groups attached to an aromatic ring is 2. The largest absolute Gasteiger partial charge is 0.455 e. The minimum absolute atomic E-state index is 0.0358. The SMILES string of the molecule is Nc1ccc(Oc2c(Br)cc(C(c3cc(Br)c(Oc4ccc(N)cc4)c(Br)c3)(C(F)(F)F)C(F)(F)F)cc2Br)cc1. The van der Waals surface area contributed by atoms with Crippen molar-refractivity contribution in [3.05, 3.63) is 102 Å². The standard InChI is InChI=1S/C27H16Br4F6N2O2/c28-19-9-13(10-20(29)23(19)40-17-5-1-15(38)2-6-17)25(26(32,33)34,27(35,36)37)14-11-21(30)24(22(31)12-14)41-18-7-3-16(39)4-8-18/h1-12H,38-39H2. The maximum atomic E-state index is 14.9. The summed E-state index contributed by atoms with van der Waals surface area (Å²) in [5, 5.41) is 0. The lowest BCUT2D eigenvalue weighted by molar-refractivity contribution is -0.288. The number of rotatable bonds is 6. The van der Waals surface area contributed by atoms with Crippen molar-refractivity contribution in [3.63, 3.8) is 0 Å². The monoisotopic (exact) mass is 830 g/mol. The first kappa shape index (κ1) is 31.5. The smallest absolute Gasteiger partial charge is 0.411 e. The molecule has 4 nitrogen and oxygen atoms in total. The third kappa shape index (κ3) is 6.20. The normalized spacial score (nSPS) is 12.3. The number of ether oxygens (including phenoxy) is 2. The molecule has 0 bridgehead atoms. The van der Waals surface area contributed by atoms with Crippen molar-refractivity contribution >= 4 is 75.1 Å². The Hall–Kier alpha value is -2.42. The van der Waals surface area contributed by atoms with Gasteiger partial charge in [0.25, 0.3) is 0 Å². The lowest BCUT2D eigenvalue weighted by Gasteiger charge is -2.39. The van der Waals surface area contributed by atoms with Crippen LogP contribution in [0.4, 0.5) is 37.7 Å². The van der Waals surface area contributed by atoms with Crippen LogP contribution in [0.3, 0.4) is 0 Å². The highest BCUT2D eigenvalue weighted by Crippen LogP contribution is 2.59. The van der Waals surface area contributed by atoms with Gasteiger partial charge in [-0.3, -0.25) is 0 Å². The predicted octanol–water partition coefficient (Wildman–Crippen LogP) is 10.9. The Morgan fingerprint density at radius 2 is 0.756 bits per heavy atom. The van der Waals surface area contributed by atoms with Gasteiger partial charge < -0.3 is 20.9 Å². The summed E-state index contributed by atoms with van der Waals surface area (Å²) >= 11 is 12.4. The number of nitrogens with two attached hydrogens (primary N) is 2. The maximum absolute atomic E-state index is 14.9. The highest BCUT2D eigenvalue weighted by atomic mass is 79.9. The molecule has 0 fully saturated rings. The van der Waals surface area contributed by atoms with E-state index in [4.69, 9.17) is 20.9 Å². The molecule has 0 spiro atoms. The molecule has 4 N–H and O–H groups in total. The van der Waals surface area contributed by atoms with Crippen LogP contribution in [0.15, 0.2) is 90.7 Å². The van der Waals surface area contributed by atoms with E-state index in [0.29, 0.717) is 11.4 Å². The summed E-state index contributed by atoms with van der Waals surface area (Å²) in [6.07, 6.45) is -11.7. The van der Waals surface area contributed by atoms with E-state index in [2.05, 4.69) is 63.7 Å². The zero-order valence-corrected chi connectivity index (χ0v) is 26.5. The Labute approximate surface area is 263 Å². The minimum Gasteiger partial charge on any atom is -0.455 e. The van der Waals surface area contributed by atoms with Crippen LogP contribution in [0, 0.1) is 0 Å². The van der Waals surface area contributed by atoms with Crippen LogP contribution in [-0.4, -0.2) is 12.4 Å². The molecule has 0 aliphatic heterocycles. The van der Waals surface area contributed by atoms with E-state index in [9.17, 15) is 26.3 Å². The second-order valence-corrected chi connectivity index (χ2v) is 12.0. The Morgan fingerprint density at radius 3 is 1.00 bits per heavy atom. The van der Waals surface area contributed by atoms with Crippen molar-refractivity contribution in [2.45, 2.75) is 17.8 Å². The number of hydrogen-bond donors (Lipinski definition) is 2. The summed E-state index contributed by atoms with van der Waals surface area (Å²) < 4.78 is 100. The Morgan fingerprint density at radius 1 is 0.488 bits per heavy atom. The molecule has 0 heterocycles. The highest BCUT2D eigenvalue weighted by Gasteiger charge is 2.72. The summed E-state index contributed by atoms with van der Waals surface area (Å²) in [6, 6.07) is 15.1. The minimum atomic E-state index is -5.83. The Kier molecular flexibility index (Phi) is 8.99. The molecule has 216 valence electrons. The molecule has 4 aromatic rings. The number of anilines is 2. The molecule has 4 rings (SSSR count). The molecule has 0 amide bonds. The fraction of sp³-hybridized carbons (Fsp3) is 0.111. The van der Waals surface area contributed by atoms with Crippen LogP contribution >= 0.6 is 63.7 Å². The number of halogens is 10. The predicted molar refractivity (Wildman–Crippen MR) is 158 cm³/mol. The van der Waals surface area contributed by atoms with E-state index in [1.807, 2.05) is 0 Å². The van der Waals surface area contributed by atoms with Gasteiger partial charge in [-0.15, -0.1) is 0 Å². The number of alkyl halides is 6. The lowest BCUT2D eigenvalue weighted by Crippen LogP contribution is -2.54. The van der Waals surface area contributed by atoms with E-state index >= 15 is 0 Å². The van der Waals surface area contributed by atoms with Gasteiger partial charge in [0.2, 0.25) is 5.41 Å². The average Bonchev–Trinajstić information content (AvgIpc) is 2.84. The molecule has 0 aliphatic rings. The molecule has 0 atom stereocenters.